The van der Waals surface area contributed by atoms with Crippen molar-refractivity contribution in [2.75, 3.05) is 0 Å². The van der Waals surface area contributed by atoms with Crippen LogP contribution in [0.3, 0.4) is 0 Å². The van der Waals surface area contributed by atoms with Crippen molar-refractivity contribution in [3.8, 4) is 0 Å². The Morgan fingerprint density at radius 1 is 1.13 bits per heavy atom. The molecule has 2 aromatic rings. The molecule has 2 aromatic carbocycles. The predicted octanol–water partition coefficient (Wildman–Crippen LogP) is 5.06. The first-order valence-electron chi connectivity index (χ1n) is 10.3. The van der Waals surface area contributed by atoms with Gasteiger partial charge in [-0.15, -0.1) is 11.8 Å². The van der Waals surface area contributed by atoms with Gasteiger partial charge in [0.2, 0.25) is 5.91 Å². The maximum Gasteiger partial charge on any atom is 0.335 e. The van der Waals surface area contributed by atoms with Gasteiger partial charge in [-0.1, -0.05) is 38.1 Å². The highest BCUT2D eigenvalue weighted by molar-refractivity contribution is 8.00. The van der Waals surface area contributed by atoms with E-state index in [0.29, 0.717) is 6.61 Å². The Balaban J connectivity index is 1.58. The Bertz CT molecular complexity index is 877. The van der Waals surface area contributed by atoms with Crippen molar-refractivity contribution < 1.29 is 19.4 Å². The van der Waals surface area contributed by atoms with Crippen LogP contribution in [0.4, 0.5) is 0 Å². The number of nitrogens with one attached hydrogen (secondary N) is 1. The second-order valence-electron chi connectivity index (χ2n) is 8.10. The van der Waals surface area contributed by atoms with E-state index in [2.05, 4.69) is 17.4 Å². The lowest BCUT2D eigenvalue weighted by Crippen LogP contribution is -2.40. The molecule has 0 spiro atoms. The van der Waals surface area contributed by atoms with E-state index >= 15 is 0 Å². The molecule has 0 bridgehead atoms. The van der Waals surface area contributed by atoms with Crippen molar-refractivity contribution in [3.63, 3.8) is 0 Å². The largest absolute Gasteiger partial charge is 0.478 e. The average molecular weight is 428 g/mol. The summed E-state index contributed by atoms with van der Waals surface area (Å²) >= 11 is 1.91. The van der Waals surface area contributed by atoms with E-state index in [0.717, 1.165) is 16.4 Å². The summed E-state index contributed by atoms with van der Waals surface area (Å²) in [5.41, 5.74) is 2.14. The van der Waals surface area contributed by atoms with Crippen molar-refractivity contribution in [1.82, 2.24) is 5.32 Å². The summed E-state index contributed by atoms with van der Waals surface area (Å²) in [6.45, 7) is 6.20. The number of hydrogen-bond donors (Lipinski definition) is 2. The molecule has 2 atom stereocenters. The number of carbonyl (C=O) groups excluding carboxylic acids is 1. The van der Waals surface area contributed by atoms with Crippen LogP contribution >= 0.6 is 11.8 Å². The number of carboxylic acids is 1. The third-order valence-corrected chi connectivity index (χ3v) is 6.37. The van der Waals surface area contributed by atoms with Gasteiger partial charge in [-0.25, -0.2) is 4.79 Å². The second-order valence-corrected chi connectivity index (χ2v) is 9.47. The van der Waals surface area contributed by atoms with E-state index in [1.54, 1.807) is 24.3 Å². The molecule has 0 aromatic heterocycles. The van der Waals surface area contributed by atoms with Crippen LogP contribution < -0.4 is 5.32 Å². The smallest absolute Gasteiger partial charge is 0.335 e. The molecule has 1 amide bonds. The quantitative estimate of drug-likeness (QED) is 0.554. The van der Waals surface area contributed by atoms with Gasteiger partial charge < -0.3 is 15.2 Å². The van der Waals surface area contributed by atoms with E-state index in [1.165, 1.54) is 17.7 Å². The molecule has 1 saturated carbocycles. The number of carboxylic acid groups (broad SMARTS) is 1. The molecule has 0 radical (unpaired) electrons. The average Bonchev–Trinajstić information content (AvgIpc) is 3.52. The number of ether oxygens (including phenoxy) is 1. The maximum absolute atomic E-state index is 12.9. The molecule has 1 aliphatic carbocycles. The third-order valence-electron chi connectivity index (χ3n) is 5.04. The van der Waals surface area contributed by atoms with Crippen LogP contribution in [0.2, 0.25) is 0 Å². The first kappa shape index (κ1) is 22.4. The summed E-state index contributed by atoms with van der Waals surface area (Å²) in [5, 5.41) is 12.8. The fraction of sp³-hybridized carbons (Fsp3) is 0.417. The minimum atomic E-state index is -0.967. The minimum Gasteiger partial charge on any atom is -0.478 e. The topological polar surface area (TPSA) is 75.6 Å². The highest BCUT2D eigenvalue weighted by atomic mass is 32.2. The molecule has 30 heavy (non-hydrogen) atoms. The Morgan fingerprint density at radius 3 is 2.43 bits per heavy atom. The number of benzene rings is 2. The van der Waals surface area contributed by atoms with Crippen molar-refractivity contribution in [2.45, 2.75) is 62.5 Å². The Hall–Kier alpha value is -2.31. The van der Waals surface area contributed by atoms with E-state index in [-0.39, 0.29) is 23.4 Å². The predicted molar refractivity (Wildman–Crippen MR) is 119 cm³/mol. The molecule has 0 heterocycles. The van der Waals surface area contributed by atoms with Crippen LogP contribution in [0.1, 0.15) is 61.1 Å². The number of amides is 1. The lowest BCUT2D eigenvalue weighted by atomic mass is 10.0. The van der Waals surface area contributed by atoms with Gasteiger partial charge in [0.15, 0.2) is 0 Å². The van der Waals surface area contributed by atoms with E-state index in [9.17, 15) is 9.59 Å². The Kier molecular flexibility index (Phi) is 7.56. The molecule has 5 nitrogen and oxygen atoms in total. The molecule has 1 aliphatic rings. The Morgan fingerprint density at radius 2 is 1.83 bits per heavy atom. The van der Waals surface area contributed by atoms with Gasteiger partial charge in [-0.3, -0.25) is 4.79 Å². The number of thioether (sulfide) groups is 1. The molecule has 3 rings (SSSR count). The SMILES string of the molecule is CC(C)[C@@H](OCc1cccc(SC2CC2)c1)C(=O)N[C@@H](C)c1ccc(C(=O)O)cc1. The number of carbonyl (C=O) groups is 2. The van der Waals surface area contributed by atoms with Crippen LogP contribution in [-0.4, -0.2) is 28.3 Å². The van der Waals surface area contributed by atoms with E-state index in [4.69, 9.17) is 9.84 Å². The zero-order valence-electron chi connectivity index (χ0n) is 17.6. The molecule has 2 N–H and O–H groups in total. The molecular weight excluding hydrogens is 398 g/mol. The van der Waals surface area contributed by atoms with Crippen LogP contribution in [0.5, 0.6) is 0 Å². The standard InChI is InChI=1S/C24H29NO4S/c1-15(2)22(29-14-17-5-4-6-21(13-17)30-20-11-12-20)23(26)25-16(3)18-7-9-19(10-8-18)24(27)28/h4-10,13,15-16,20,22H,11-12,14H2,1-3H3,(H,25,26)(H,27,28)/t16-,22+/m0/s1. The monoisotopic (exact) mass is 427 g/mol. The zero-order valence-corrected chi connectivity index (χ0v) is 18.4. The summed E-state index contributed by atoms with van der Waals surface area (Å²) in [6, 6.07) is 14.6. The molecule has 0 unspecified atom stereocenters. The zero-order chi connectivity index (χ0) is 21.7. The molecule has 0 saturated heterocycles. The van der Waals surface area contributed by atoms with Gasteiger partial charge in [-0.05, 0) is 61.1 Å². The minimum absolute atomic E-state index is 0.0237. The molecule has 6 heteroatoms. The second kappa shape index (κ2) is 10.1. The van der Waals surface area contributed by atoms with Crippen LogP contribution in [0.25, 0.3) is 0 Å². The highest BCUT2D eigenvalue weighted by Gasteiger charge is 2.25. The van der Waals surface area contributed by atoms with Gasteiger partial charge in [0.05, 0.1) is 18.2 Å². The van der Waals surface area contributed by atoms with Gasteiger partial charge in [0.25, 0.3) is 0 Å². The normalized spacial score (nSPS) is 15.6. The summed E-state index contributed by atoms with van der Waals surface area (Å²) in [4.78, 5) is 25.1. The molecule has 0 aliphatic heterocycles. The number of aromatic carboxylic acids is 1. The van der Waals surface area contributed by atoms with E-state index < -0.39 is 12.1 Å². The third kappa shape index (κ3) is 6.34. The summed E-state index contributed by atoms with van der Waals surface area (Å²) in [7, 11) is 0. The maximum atomic E-state index is 12.9. The lowest BCUT2D eigenvalue weighted by Gasteiger charge is -2.24. The summed E-state index contributed by atoms with van der Waals surface area (Å²) in [6.07, 6.45) is 2.02. The van der Waals surface area contributed by atoms with Crippen LogP contribution in [0.15, 0.2) is 53.4 Å². The van der Waals surface area contributed by atoms with Crippen molar-refractivity contribution in [2.24, 2.45) is 5.92 Å². The van der Waals surface area contributed by atoms with Crippen molar-refractivity contribution in [3.05, 3.63) is 65.2 Å². The van der Waals surface area contributed by atoms with Gasteiger partial charge >= 0.3 is 5.97 Å². The molecule has 160 valence electrons. The first-order chi connectivity index (χ1) is 14.3. The Labute approximate surface area is 182 Å². The van der Waals surface area contributed by atoms with Gasteiger partial charge in [0, 0.05) is 10.1 Å². The fourth-order valence-electron chi connectivity index (χ4n) is 3.14. The molecular formula is C24H29NO4S. The van der Waals surface area contributed by atoms with Gasteiger partial charge in [-0.2, -0.15) is 0 Å². The molecule has 1 fully saturated rings. The summed E-state index contributed by atoms with van der Waals surface area (Å²) < 4.78 is 6.02. The first-order valence-corrected chi connectivity index (χ1v) is 11.2. The highest BCUT2D eigenvalue weighted by Crippen LogP contribution is 2.39. The fourth-order valence-corrected chi connectivity index (χ4v) is 4.27. The number of hydrogen-bond acceptors (Lipinski definition) is 4. The number of rotatable bonds is 10. The van der Waals surface area contributed by atoms with Crippen molar-refractivity contribution in [1.29, 1.82) is 0 Å². The van der Waals surface area contributed by atoms with E-state index in [1.807, 2.05) is 44.7 Å². The van der Waals surface area contributed by atoms with Crippen LogP contribution in [-0.2, 0) is 16.1 Å². The summed E-state index contributed by atoms with van der Waals surface area (Å²) in [5.74, 6) is -1.11. The van der Waals surface area contributed by atoms with Gasteiger partial charge in [0.1, 0.15) is 6.10 Å². The van der Waals surface area contributed by atoms with Crippen LogP contribution in [0, 0.1) is 5.92 Å². The lowest BCUT2D eigenvalue weighted by molar-refractivity contribution is -0.137. The van der Waals surface area contributed by atoms with Crippen molar-refractivity contribution >= 4 is 23.6 Å².